The fourth-order valence-electron chi connectivity index (χ4n) is 2.42. The second kappa shape index (κ2) is 5.10. The summed E-state index contributed by atoms with van der Waals surface area (Å²) in [6, 6.07) is 0. The molecule has 2 heterocycles. The van der Waals surface area contributed by atoms with Crippen LogP contribution >= 0.6 is 0 Å². The predicted molar refractivity (Wildman–Crippen MR) is 57.4 cm³/mol. The summed E-state index contributed by atoms with van der Waals surface area (Å²) in [6.07, 6.45) is 3.17. The highest BCUT2D eigenvalue weighted by atomic mass is 16.5. The van der Waals surface area contributed by atoms with Crippen molar-refractivity contribution in [3.8, 4) is 0 Å². The van der Waals surface area contributed by atoms with Crippen LogP contribution in [-0.2, 0) is 4.74 Å². The Kier molecular flexibility index (Phi) is 3.79. The molecule has 0 aromatic heterocycles. The van der Waals surface area contributed by atoms with E-state index in [0.29, 0.717) is 6.10 Å². The Labute approximate surface area is 86.8 Å². The lowest BCUT2D eigenvalue weighted by atomic mass is 10.0. The second-order valence-electron chi connectivity index (χ2n) is 4.63. The van der Waals surface area contributed by atoms with E-state index in [1.165, 1.54) is 32.5 Å². The Balaban J connectivity index is 1.64. The molecule has 0 aromatic carbocycles. The summed E-state index contributed by atoms with van der Waals surface area (Å²) in [5, 5.41) is 3.43. The van der Waals surface area contributed by atoms with Crippen molar-refractivity contribution >= 4 is 0 Å². The zero-order valence-electron chi connectivity index (χ0n) is 9.17. The van der Waals surface area contributed by atoms with E-state index in [0.717, 1.165) is 25.6 Å². The number of nitrogens with zero attached hydrogens (tertiary/aromatic N) is 1. The van der Waals surface area contributed by atoms with Crippen molar-refractivity contribution < 1.29 is 4.74 Å². The van der Waals surface area contributed by atoms with Gasteiger partial charge in [-0.3, -0.25) is 4.90 Å². The van der Waals surface area contributed by atoms with Gasteiger partial charge < -0.3 is 10.1 Å². The average Bonchev–Trinajstić information content (AvgIpc) is 2.67. The van der Waals surface area contributed by atoms with Crippen LogP contribution in [0.2, 0.25) is 0 Å². The Morgan fingerprint density at radius 1 is 1.50 bits per heavy atom. The maximum Gasteiger partial charge on any atom is 0.0674 e. The van der Waals surface area contributed by atoms with E-state index < -0.39 is 0 Å². The molecule has 0 bridgehead atoms. The zero-order valence-corrected chi connectivity index (χ0v) is 9.17. The van der Waals surface area contributed by atoms with Gasteiger partial charge in [-0.1, -0.05) is 0 Å². The molecular weight excluding hydrogens is 176 g/mol. The molecule has 0 saturated carbocycles. The molecule has 0 amide bonds. The van der Waals surface area contributed by atoms with Crippen LogP contribution < -0.4 is 5.32 Å². The van der Waals surface area contributed by atoms with Crippen molar-refractivity contribution in [1.29, 1.82) is 0 Å². The first-order valence-corrected chi connectivity index (χ1v) is 5.89. The van der Waals surface area contributed by atoms with Crippen LogP contribution in [0.25, 0.3) is 0 Å². The normalized spacial score (nSPS) is 34.9. The molecule has 2 fully saturated rings. The summed E-state index contributed by atoms with van der Waals surface area (Å²) in [6.45, 7) is 9.07. The Hall–Kier alpha value is -0.120. The lowest BCUT2D eigenvalue weighted by Gasteiger charge is -2.31. The van der Waals surface area contributed by atoms with Crippen molar-refractivity contribution in [3.63, 3.8) is 0 Å². The molecule has 2 rings (SSSR count). The quantitative estimate of drug-likeness (QED) is 0.723. The molecule has 2 saturated heterocycles. The maximum absolute atomic E-state index is 5.53. The Morgan fingerprint density at radius 3 is 3.14 bits per heavy atom. The van der Waals surface area contributed by atoms with Gasteiger partial charge in [0, 0.05) is 13.1 Å². The number of nitrogens with one attached hydrogen (secondary N) is 1. The molecule has 82 valence electrons. The second-order valence-corrected chi connectivity index (χ2v) is 4.63. The molecule has 0 radical (unpaired) electrons. The summed E-state index contributed by atoms with van der Waals surface area (Å²) in [5.41, 5.74) is 0. The van der Waals surface area contributed by atoms with Crippen LogP contribution in [0.5, 0.6) is 0 Å². The van der Waals surface area contributed by atoms with E-state index in [4.69, 9.17) is 4.74 Å². The van der Waals surface area contributed by atoms with Gasteiger partial charge in [0.2, 0.25) is 0 Å². The van der Waals surface area contributed by atoms with Gasteiger partial charge in [0.15, 0.2) is 0 Å². The van der Waals surface area contributed by atoms with Gasteiger partial charge in [0.1, 0.15) is 0 Å². The standard InChI is InChI=1S/C11H22N2O/c1-10-9-13(6-7-14-10)5-3-11-2-4-12-8-11/h10-12H,2-9H2,1H3. The van der Waals surface area contributed by atoms with Crippen LogP contribution in [0.3, 0.4) is 0 Å². The third-order valence-electron chi connectivity index (χ3n) is 3.34. The molecule has 1 N–H and O–H groups in total. The summed E-state index contributed by atoms with van der Waals surface area (Å²) in [4.78, 5) is 2.55. The summed E-state index contributed by atoms with van der Waals surface area (Å²) in [5.74, 6) is 0.924. The first kappa shape index (κ1) is 10.4. The summed E-state index contributed by atoms with van der Waals surface area (Å²) >= 11 is 0. The van der Waals surface area contributed by atoms with E-state index >= 15 is 0 Å². The SMILES string of the molecule is CC1CN(CCC2CCNC2)CCO1. The molecule has 3 heteroatoms. The van der Waals surface area contributed by atoms with Gasteiger partial charge in [-0.25, -0.2) is 0 Å². The summed E-state index contributed by atoms with van der Waals surface area (Å²) < 4.78 is 5.53. The molecule has 0 aromatic rings. The highest BCUT2D eigenvalue weighted by Crippen LogP contribution is 2.14. The number of rotatable bonds is 3. The van der Waals surface area contributed by atoms with E-state index in [9.17, 15) is 0 Å². The van der Waals surface area contributed by atoms with E-state index in [1.54, 1.807) is 0 Å². The molecule has 14 heavy (non-hydrogen) atoms. The minimum Gasteiger partial charge on any atom is -0.376 e. The topological polar surface area (TPSA) is 24.5 Å². The predicted octanol–water partition coefficient (Wildman–Crippen LogP) is 0.707. The van der Waals surface area contributed by atoms with Crippen LogP contribution in [0.1, 0.15) is 19.8 Å². The van der Waals surface area contributed by atoms with Gasteiger partial charge in [0.25, 0.3) is 0 Å². The van der Waals surface area contributed by atoms with Crippen LogP contribution in [0.15, 0.2) is 0 Å². The smallest absolute Gasteiger partial charge is 0.0674 e. The fourth-order valence-corrected chi connectivity index (χ4v) is 2.42. The summed E-state index contributed by atoms with van der Waals surface area (Å²) in [7, 11) is 0. The molecule has 0 aliphatic carbocycles. The highest BCUT2D eigenvalue weighted by molar-refractivity contribution is 4.74. The number of hydrogen-bond donors (Lipinski definition) is 1. The molecule has 2 atom stereocenters. The van der Waals surface area contributed by atoms with Crippen molar-refractivity contribution in [2.45, 2.75) is 25.9 Å². The molecule has 3 nitrogen and oxygen atoms in total. The Morgan fingerprint density at radius 2 is 2.43 bits per heavy atom. The van der Waals surface area contributed by atoms with Crippen LogP contribution in [0, 0.1) is 5.92 Å². The van der Waals surface area contributed by atoms with Gasteiger partial charge in [0.05, 0.1) is 12.7 Å². The number of morpholine rings is 1. The lowest BCUT2D eigenvalue weighted by Crippen LogP contribution is -2.41. The van der Waals surface area contributed by atoms with E-state index in [2.05, 4.69) is 17.1 Å². The first-order valence-electron chi connectivity index (χ1n) is 5.89. The maximum atomic E-state index is 5.53. The van der Waals surface area contributed by atoms with Crippen molar-refractivity contribution in [2.24, 2.45) is 5.92 Å². The minimum absolute atomic E-state index is 0.436. The molecule has 0 spiro atoms. The average molecular weight is 198 g/mol. The van der Waals surface area contributed by atoms with Gasteiger partial charge in [-0.2, -0.15) is 0 Å². The molecule has 2 unspecified atom stereocenters. The van der Waals surface area contributed by atoms with Crippen molar-refractivity contribution in [3.05, 3.63) is 0 Å². The van der Waals surface area contributed by atoms with Crippen molar-refractivity contribution in [1.82, 2.24) is 10.2 Å². The largest absolute Gasteiger partial charge is 0.376 e. The van der Waals surface area contributed by atoms with Gasteiger partial charge >= 0.3 is 0 Å². The van der Waals surface area contributed by atoms with Gasteiger partial charge in [-0.15, -0.1) is 0 Å². The molecule has 2 aliphatic heterocycles. The monoisotopic (exact) mass is 198 g/mol. The highest BCUT2D eigenvalue weighted by Gasteiger charge is 2.19. The van der Waals surface area contributed by atoms with Crippen LogP contribution in [0.4, 0.5) is 0 Å². The molecule has 2 aliphatic rings. The molecular formula is C11H22N2O. The fraction of sp³-hybridized carbons (Fsp3) is 1.00. The minimum atomic E-state index is 0.436. The van der Waals surface area contributed by atoms with E-state index in [1.807, 2.05) is 0 Å². The third kappa shape index (κ3) is 2.94. The van der Waals surface area contributed by atoms with Crippen LogP contribution in [-0.4, -0.2) is 50.3 Å². The zero-order chi connectivity index (χ0) is 9.80. The Bertz CT molecular complexity index is 169. The number of hydrogen-bond acceptors (Lipinski definition) is 3. The lowest BCUT2D eigenvalue weighted by molar-refractivity contribution is -0.0195. The first-order chi connectivity index (χ1) is 6.84. The third-order valence-corrected chi connectivity index (χ3v) is 3.34. The van der Waals surface area contributed by atoms with Gasteiger partial charge in [-0.05, 0) is 45.3 Å². The number of ether oxygens (including phenoxy) is 1. The van der Waals surface area contributed by atoms with E-state index in [-0.39, 0.29) is 0 Å². The van der Waals surface area contributed by atoms with Crippen molar-refractivity contribution in [2.75, 3.05) is 39.3 Å².